The molecule has 2 amide bonds. The van der Waals surface area contributed by atoms with Crippen molar-refractivity contribution in [2.45, 2.75) is 50.5 Å². The Labute approximate surface area is 172 Å². The third kappa shape index (κ3) is 6.34. The summed E-state index contributed by atoms with van der Waals surface area (Å²) in [7, 11) is 0. The summed E-state index contributed by atoms with van der Waals surface area (Å²) in [6.45, 7) is 1.35. The highest BCUT2D eigenvalue weighted by Crippen LogP contribution is 2.40. The van der Waals surface area contributed by atoms with Gasteiger partial charge in [-0.2, -0.15) is 0 Å². The average Bonchev–Trinajstić information content (AvgIpc) is 3.25. The van der Waals surface area contributed by atoms with Crippen molar-refractivity contribution in [3.63, 3.8) is 0 Å². The van der Waals surface area contributed by atoms with Crippen LogP contribution < -0.4 is 10.6 Å². The van der Waals surface area contributed by atoms with E-state index in [0.29, 0.717) is 25.9 Å². The van der Waals surface area contributed by atoms with E-state index in [4.69, 9.17) is 4.74 Å². The van der Waals surface area contributed by atoms with E-state index in [1.165, 1.54) is 18.4 Å². The van der Waals surface area contributed by atoms with Gasteiger partial charge in [0, 0.05) is 24.9 Å². The molecule has 29 heavy (non-hydrogen) atoms. The number of hydrogen-bond acceptors (Lipinski definition) is 3. The fourth-order valence-electron chi connectivity index (χ4n) is 3.98. The van der Waals surface area contributed by atoms with E-state index in [0.717, 1.165) is 18.4 Å². The van der Waals surface area contributed by atoms with Gasteiger partial charge >= 0.3 is 6.09 Å². The maximum atomic E-state index is 12.3. The van der Waals surface area contributed by atoms with Gasteiger partial charge in [0.25, 0.3) is 0 Å². The van der Waals surface area contributed by atoms with Gasteiger partial charge in [0.05, 0.1) is 0 Å². The minimum atomic E-state index is -0.455. The number of alkyl carbamates (subject to hydrolysis) is 1. The second kappa shape index (κ2) is 10.6. The summed E-state index contributed by atoms with van der Waals surface area (Å²) >= 11 is 0. The monoisotopic (exact) mass is 394 g/mol. The highest BCUT2D eigenvalue weighted by Gasteiger charge is 2.35. The Bertz CT molecular complexity index is 771. The SMILES string of the molecule is O=C(CCCNC(=O)OCc1ccccc1)NCC1(c2ccccc2)CCCC1. The molecular formula is C24H30N2O3. The van der Waals surface area contributed by atoms with Gasteiger partial charge in [-0.1, -0.05) is 73.5 Å². The lowest BCUT2D eigenvalue weighted by Gasteiger charge is -2.30. The smallest absolute Gasteiger partial charge is 0.407 e. The van der Waals surface area contributed by atoms with E-state index in [-0.39, 0.29) is 17.9 Å². The van der Waals surface area contributed by atoms with Crippen LogP contribution in [0.5, 0.6) is 0 Å². The summed E-state index contributed by atoms with van der Waals surface area (Å²) in [5, 5.41) is 5.81. The lowest BCUT2D eigenvalue weighted by atomic mass is 9.79. The Morgan fingerprint density at radius 2 is 1.55 bits per heavy atom. The molecule has 5 nitrogen and oxygen atoms in total. The first-order valence-corrected chi connectivity index (χ1v) is 10.4. The first kappa shape index (κ1) is 20.9. The van der Waals surface area contributed by atoms with Gasteiger partial charge in [0.15, 0.2) is 0 Å². The van der Waals surface area contributed by atoms with Crippen molar-refractivity contribution >= 4 is 12.0 Å². The third-order valence-electron chi connectivity index (χ3n) is 5.63. The molecule has 1 aliphatic rings. The highest BCUT2D eigenvalue weighted by molar-refractivity contribution is 5.76. The first-order chi connectivity index (χ1) is 14.2. The predicted octanol–water partition coefficient (Wildman–Crippen LogP) is 4.32. The second-order valence-corrected chi connectivity index (χ2v) is 7.72. The van der Waals surface area contributed by atoms with Crippen molar-refractivity contribution in [1.82, 2.24) is 10.6 Å². The van der Waals surface area contributed by atoms with Crippen LogP contribution in [0.15, 0.2) is 60.7 Å². The normalized spacial score (nSPS) is 14.9. The molecule has 0 bridgehead atoms. The maximum Gasteiger partial charge on any atom is 0.407 e. The van der Waals surface area contributed by atoms with Gasteiger partial charge in [0.1, 0.15) is 6.61 Å². The zero-order chi connectivity index (χ0) is 20.4. The fourth-order valence-corrected chi connectivity index (χ4v) is 3.98. The quantitative estimate of drug-likeness (QED) is 0.623. The Morgan fingerprint density at radius 1 is 0.897 bits per heavy atom. The van der Waals surface area contributed by atoms with Crippen molar-refractivity contribution < 1.29 is 14.3 Å². The molecule has 0 atom stereocenters. The molecule has 1 saturated carbocycles. The molecule has 2 N–H and O–H groups in total. The molecule has 0 aromatic heterocycles. The molecule has 2 aromatic carbocycles. The number of carbonyl (C=O) groups is 2. The van der Waals surface area contributed by atoms with Gasteiger partial charge in [-0.3, -0.25) is 4.79 Å². The van der Waals surface area contributed by atoms with Gasteiger partial charge in [0.2, 0.25) is 5.91 Å². The topological polar surface area (TPSA) is 67.4 Å². The molecule has 0 spiro atoms. The number of nitrogens with one attached hydrogen (secondary N) is 2. The van der Waals surface area contributed by atoms with Gasteiger partial charge in [-0.05, 0) is 30.4 Å². The molecule has 3 rings (SSSR count). The zero-order valence-electron chi connectivity index (χ0n) is 16.9. The largest absolute Gasteiger partial charge is 0.445 e. The van der Waals surface area contributed by atoms with Crippen LogP contribution >= 0.6 is 0 Å². The molecule has 0 radical (unpaired) electrons. The molecule has 2 aromatic rings. The van der Waals surface area contributed by atoms with Crippen LogP contribution in [0.3, 0.4) is 0 Å². The summed E-state index contributed by atoms with van der Waals surface area (Å²) in [4.78, 5) is 24.0. The van der Waals surface area contributed by atoms with Crippen LogP contribution in [0.2, 0.25) is 0 Å². The van der Waals surface area contributed by atoms with Crippen LogP contribution in [-0.2, 0) is 21.6 Å². The molecule has 0 unspecified atom stereocenters. The van der Waals surface area contributed by atoms with E-state index in [2.05, 4.69) is 34.9 Å². The average molecular weight is 395 g/mol. The number of amides is 2. The Hall–Kier alpha value is -2.82. The van der Waals surface area contributed by atoms with E-state index in [1.54, 1.807) is 0 Å². The molecule has 5 heteroatoms. The lowest BCUT2D eigenvalue weighted by molar-refractivity contribution is -0.121. The number of hydrogen-bond donors (Lipinski definition) is 2. The second-order valence-electron chi connectivity index (χ2n) is 7.72. The van der Waals surface area contributed by atoms with Crippen molar-refractivity contribution in [2.24, 2.45) is 0 Å². The van der Waals surface area contributed by atoms with Crippen LogP contribution in [-0.4, -0.2) is 25.1 Å². The summed E-state index contributed by atoms with van der Waals surface area (Å²) < 4.78 is 5.16. The third-order valence-corrected chi connectivity index (χ3v) is 5.63. The minimum Gasteiger partial charge on any atom is -0.445 e. The Morgan fingerprint density at radius 3 is 2.24 bits per heavy atom. The van der Waals surface area contributed by atoms with Crippen molar-refractivity contribution in [3.05, 3.63) is 71.8 Å². The molecule has 0 aliphatic heterocycles. The van der Waals surface area contributed by atoms with Crippen LogP contribution in [0.25, 0.3) is 0 Å². The van der Waals surface area contributed by atoms with Crippen molar-refractivity contribution in [1.29, 1.82) is 0 Å². The predicted molar refractivity (Wildman–Crippen MR) is 113 cm³/mol. The number of rotatable bonds is 9. The zero-order valence-corrected chi connectivity index (χ0v) is 16.9. The Kier molecular flexibility index (Phi) is 7.68. The van der Waals surface area contributed by atoms with Crippen molar-refractivity contribution in [2.75, 3.05) is 13.1 Å². The maximum absolute atomic E-state index is 12.3. The summed E-state index contributed by atoms with van der Waals surface area (Å²) in [6, 6.07) is 20.1. The molecule has 1 aliphatic carbocycles. The molecule has 0 saturated heterocycles. The van der Waals surface area contributed by atoms with Gasteiger partial charge < -0.3 is 15.4 Å². The standard InChI is InChI=1S/C24H30N2O3/c27-22(14-9-17-25-23(28)29-18-20-10-3-1-4-11-20)26-19-24(15-7-8-16-24)21-12-5-2-6-13-21/h1-6,10-13H,7-9,14-19H2,(H,25,28)(H,26,27). The molecular weight excluding hydrogens is 364 g/mol. The van der Waals surface area contributed by atoms with E-state index in [1.807, 2.05) is 36.4 Å². The molecule has 1 fully saturated rings. The summed E-state index contributed by atoms with van der Waals surface area (Å²) in [6.07, 6.45) is 5.18. The number of carbonyl (C=O) groups excluding carboxylic acids is 2. The van der Waals surface area contributed by atoms with Crippen LogP contribution in [0, 0.1) is 0 Å². The van der Waals surface area contributed by atoms with E-state index in [9.17, 15) is 9.59 Å². The van der Waals surface area contributed by atoms with Gasteiger partial charge in [-0.15, -0.1) is 0 Å². The lowest BCUT2D eigenvalue weighted by Crippen LogP contribution is -2.39. The summed E-state index contributed by atoms with van der Waals surface area (Å²) in [5.41, 5.74) is 2.33. The van der Waals surface area contributed by atoms with E-state index >= 15 is 0 Å². The van der Waals surface area contributed by atoms with Crippen molar-refractivity contribution in [3.8, 4) is 0 Å². The first-order valence-electron chi connectivity index (χ1n) is 10.4. The minimum absolute atomic E-state index is 0.0339. The van der Waals surface area contributed by atoms with E-state index < -0.39 is 6.09 Å². The number of ether oxygens (including phenoxy) is 1. The van der Waals surface area contributed by atoms with Crippen LogP contribution in [0.1, 0.15) is 49.7 Å². The Balaban J connectivity index is 1.33. The van der Waals surface area contributed by atoms with Crippen LogP contribution in [0.4, 0.5) is 4.79 Å². The summed E-state index contributed by atoms with van der Waals surface area (Å²) in [5.74, 6) is 0.0339. The number of benzene rings is 2. The molecule has 0 heterocycles. The van der Waals surface area contributed by atoms with Gasteiger partial charge in [-0.25, -0.2) is 4.79 Å². The highest BCUT2D eigenvalue weighted by atomic mass is 16.5. The molecule has 154 valence electrons. The fraction of sp³-hybridized carbons (Fsp3) is 0.417.